The quantitative estimate of drug-likeness (QED) is 0.314. The van der Waals surface area contributed by atoms with E-state index in [-0.39, 0.29) is 30.5 Å². The smallest absolute Gasteiger partial charge is 0.251 e. The minimum atomic E-state index is -2.24. The van der Waals surface area contributed by atoms with Crippen molar-refractivity contribution in [2.75, 3.05) is 52.9 Å². The Balaban J connectivity index is 0.00000529. The molecule has 0 aromatic heterocycles. The highest BCUT2D eigenvalue weighted by Gasteiger charge is 2.21. The topological polar surface area (TPSA) is 42.9 Å². The van der Waals surface area contributed by atoms with Crippen LogP contribution in [0.5, 0.6) is 0 Å². The van der Waals surface area contributed by atoms with Crippen LogP contribution >= 0.6 is 24.0 Å². The van der Waals surface area contributed by atoms with Gasteiger partial charge in [0.2, 0.25) is 0 Å². The van der Waals surface area contributed by atoms with Crippen LogP contribution in [0, 0.1) is 0 Å². The van der Waals surface area contributed by atoms with Crippen LogP contribution in [0.15, 0.2) is 4.99 Å². The van der Waals surface area contributed by atoms with Gasteiger partial charge in [0, 0.05) is 39.3 Å². The van der Waals surface area contributed by atoms with Crippen LogP contribution in [0.25, 0.3) is 0 Å². The molecule has 144 valence electrons. The van der Waals surface area contributed by atoms with Crippen molar-refractivity contribution in [2.45, 2.75) is 45.6 Å². The molecule has 1 aliphatic rings. The van der Waals surface area contributed by atoms with Crippen molar-refractivity contribution in [1.82, 2.24) is 20.4 Å². The highest BCUT2D eigenvalue weighted by atomic mass is 127. The molecular formula is C16H34F2IN5. The predicted molar refractivity (Wildman–Crippen MR) is 108 cm³/mol. The van der Waals surface area contributed by atoms with Crippen LogP contribution in [-0.4, -0.2) is 81.1 Å². The standard InChI is InChI=1S/C16H33F2N5.HI/c1-4-9-22(5-2)12-8-20-16(19-3)21-14-6-10-23(11-7-14)13-15(17)18;/h14-15H,4-13H2,1-3H3,(H2,19,20,21);1H. The lowest BCUT2D eigenvalue weighted by Crippen LogP contribution is -2.50. The number of aliphatic imine (C=N–C) groups is 1. The molecule has 1 rings (SSSR count). The lowest BCUT2D eigenvalue weighted by molar-refractivity contribution is 0.0744. The molecule has 0 unspecified atom stereocenters. The van der Waals surface area contributed by atoms with Gasteiger partial charge in [-0.1, -0.05) is 13.8 Å². The maximum Gasteiger partial charge on any atom is 0.251 e. The summed E-state index contributed by atoms with van der Waals surface area (Å²) in [6.07, 6.45) is 0.686. The molecule has 0 aromatic carbocycles. The molecule has 0 aromatic rings. The molecule has 0 aliphatic carbocycles. The molecule has 8 heteroatoms. The van der Waals surface area contributed by atoms with Gasteiger partial charge in [-0.05, 0) is 32.4 Å². The second kappa shape index (κ2) is 14.0. The molecule has 0 radical (unpaired) electrons. The number of nitrogens with one attached hydrogen (secondary N) is 2. The number of nitrogens with zero attached hydrogens (tertiary/aromatic N) is 3. The minimum absolute atomic E-state index is 0. The SMILES string of the molecule is CCCN(CC)CCNC(=NC)NC1CCN(CC(F)F)CC1.I. The molecule has 0 atom stereocenters. The van der Waals surface area contributed by atoms with E-state index in [4.69, 9.17) is 0 Å². The Bertz CT molecular complexity index is 336. The first-order chi connectivity index (χ1) is 11.1. The summed E-state index contributed by atoms with van der Waals surface area (Å²) in [4.78, 5) is 8.50. The van der Waals surface area contributed by atoms with Crippen LogP contribution in [0.4, 0.5) is 8.78 Å². The molecule has 24 heavy (non-hydrogen) atoms. The van der Waals surface area contributed by atoms with Crippen molar-refractivity contribution in [2.24, 2.45) is 4.99 Å². The Morgan fingerprint density at radius 3 is 2.42 bits per heavy atom. The first-order valence-electron chi connectivity index (χ1n) is 8.79. The van der Waals surface area contributed by atoms with Gasteiger partial charge < -0.3 is 15.5 Å². The van der Waals surface area contributed by atoms with E-state index in [1.54, 1.807) is 7.05 Å². The van der Waals surface area contributed by atoms with Crippen LogP contribution in [0.1, 0.15) is 33.1 Å². The summed E-state index contributed by atoms with van der Waals surface area (Å²) in [5.41, 5.74) is 0. The number of rotatable bonds is 9. The van der Waals surface area contributed by atoms with E-state index in [1.165, 1.54) is 0 Å². The van der Waals surface area contributed by atoms with E-state index in [1.807, 2.05) is 4.90 Å². The number of likely N-dealkylation sites (tertiary alicyclic amines) is 1. The molecule has 5 nitrogen and oxygen atoms in total. The summed E-state index contributed by atoms with van der Waals surface area (Å²) < 4.78 is 24.8. The lowest BCUT2D eigenvalue weighted by Gasteiger charge is -2.32. The fourth-order valence-corrected chi connectivity index (χ4v) is 2.92. The van der Waals surface area contributed by atoms with Gasteiger partial charge in [-0.3, -0.25) is 9.89 Å². The highest BCUT2D eigenvalue weighted by Crippen LogP contribution is 2.11. The summed E-state index contributed by atoms with van der Waals surface area (Å²) in [5.74, 6) is 0.810. The Labute approximate surface area is 162 Å². The van der Waals surface area contributed by atoms with Crippen molar-refractivity contribution in [3.05, 3.63) is 0 Å². The zero-order valence-corrected chi connectivity index (χ0v) is 17.6. The van der Waals surface area contributed by atoms with Crippen LogP contribution < -0.4 is 10.6 Å². The first-order valence-corrected chi connectivity index (χ1v) is 8.79. The largest absolute Gasteiger partial charge is 0.355 e. The summed E-state index contributed by atoms with van der Waals surface area (Å²) in [6.45, 7) is 9.74. The fraction of sp³-hybridized carbons (Fsp3) is 0.938. The summed E-state index contributed by atoms with van der Waals surface area (Å²) in [6, 6.07) is 0.313. The average Bonchev–Trinajstić information content (AvgIpc) is 2.54. The Kier molecular flexibility index (Phi) is 13.9. The number of likely N-dealkylation sites (N-methyl/N-ethyl adjacent to an activating group) is 1. The lowest BCUT2D eigenvalue weighted by atomic mass is 10.1. The third-order valence-corrected chi connectivity index (χ3v) is 4.26. The fourth-order valence-electron chi connectivity index (χ4n) is 2.92. The van der Waals surface area contributed by atoms with Gasteiger partial charge in [0.25, 0.3) is 6.43 Å². The van der Waals surface area contributed by atoms with Gasteiger partial charge in [0.15, 0.2) is 5.96 Å². The molecule has 0 saturated carbocycles. The predicted octanol–water partition coefficient (Wildman–Crippen LogP) is 2.23. The second-order valence-electron chi connectivity index (χ2n) is 6.04. The molecule has 0 bridgehead atoms. The van der Waals surface area contributed by atoms with Crippen LogP contribution in [-0.2, 0) is 0 Å². The number of guanidine groups is 1. The summed E-state index contributed by atoms with van der Waals surface area (Å²) >= 11 is 0. The maximum absolute atomic E-state index is 12.4. The van der Waals surface area contributed by atoms with E-state index >= 15 is 0 Å². The van der Waals surface area contributed by atoms with Crippen LogP contribution in [0.3, 0.4) is 0 Å². The monoisotopic (exact) mass is 461 g/mol. The second-order valence-corrected chi connectivity index (χ2v) is 6.04. The zero-order valence-electron chi connectivity index (χ0n) is 15.2. The molecule has 0 amide bonds. The average molecular weight is 461 g/mol. The van der Waals surface area contributed by atoms with Gasteiger partial charge >= 0.3 is 0 Å². The normalized spacial score (nSPS) is 17.2. The van der Waals surface area contributed by atoms with E-state index in [2.05, 4.69) is 34.4 Å². The summed E-state index contributed by atoms with van der Waals surface area (Å²) in [7, 11) is 1.77. The molecule has 1 saturated heterocycles. The third kappa shape index (κ3) is 9.93. The maximum atomic E-state index is 12.4. The number of halogens is 3. The van der Waals surface area contributed by atoms with Gasteiger partial charge in [-0.15, -0.1) is 24.0 Å². The van der Waals surface area contributed by atoms with Gasteiger partial charge in [-0.25, -0.2) is 8.78 Å². The van der Waals surface area contributed by atoms with Gasteiger partial charge in [0.1, 0.15) is 0 Å². The summed E-state index contributed by atoms with van der Waals surface area (Å²) in [5, 5.41) is 6.76. The molecule has 1 heterocycles. The van der Waals surface area contributed by atoms with Crippen molar-refractivity contribution in [3.8, 4) is 0 Å². The first kappa shape index (κ1) is 23.8. The number of piperidine rings is 1. The Morgan fingerprint density at radius 2 is 1.92 bits per heavy atom. The van der Waals surface area contributed by atoms with Crippen molar-refractivity contribution in [3.63, 3.8) is 0 Å². The zero-order chi connectivity index (χ0) is 17.1. The number of alkyl halides is 2. The third-order valence-electron chi connectivity index (χ3n) is 4.26. The molecule has 0 spiro atoms. The Morgan fingerprint density at radius 1 is 1.25 bits per heavy atom. The van der Waals surface area contributed by atoms with Crippen LogP contribution in [0.2, 0.25) is 0 Å². The molecular weight excluding hydrogens is 427 g/mol. The van der Waals surface area contributed by atoms with E-state index in [0.717, 1.165) is 64.5 Å². The van der Waals surface area contributed by atoms with E-state index in [9.17, 15) is 8.78 Å². The van der Waals surface area contributed by atoms with Gasteiger partial charge in [0.05, 0.1) is 6.54 Å². The van der Waals surface area contributed by atoms with E-state index < -0.39 is 6.43 Å². The van der Waals surface area contributed by atoms with E-state index in [0.29, 0.717) is 6.04 Å². The Hall–Kier alpha value is -0.220. The molecule has 1 aliphatic heterocycles. The minimum Gasteiger partial charge on any atom is -0.355 e. The number of hydrogen-bond donors (Lipinski definition) is 2. The number of hydrogen-bond acceptors (Lipinski definition) is 3. The molecule has 2 N–H and O–H groups in total. The van der Waals surface area contributed by atoms with Crippen molar-refractivity contribution >= 4 is 29.9 Å². The van der Waals surface area contributed by atoms with Crippen molar-refractivity contribution in [1.29, 1.82) is 0 Å². The highest BCUT2D eigenvalue weighted by molar-refractivity contribution is 14.0. The van der Waals surface area contributed by atoms with Gasteiger partial charge in [-0.2, -0.15) is 0 Å². The molecule has 1 fully saturated rings. The van der Waals surface area contributed by atoms with Crippen molar-refractivity contribution < 1.29 is 8.78 Å².